The van der Waals surface area contributed by atoms with Crippen LogP contribution in [0.3, 0.4) is 0 Å². The highest BCUT2D eigenvalue weighted by Gasteiger charge is 2.07. The lowest BCUT2D eigenvalue weighted by Gasteiger charge is -2.09. The van der Waals surface area contributed by atoms with Crippen LogP contribution in [0.4, 0.5) is 0 Å². The van der Waals surface area contributed by atoms with Gasteiger partial charge >= 0.3 is 0 Å². The molecule has 0 aliphatic rings. The molecule has 4 nitrogen and oxygen atoms in total. The first-order chi connectivity index (χ1) is 9.12. The predicted molar refractivity (Wildman–Crippen MR) is 75.6 cm³/mol. The van der Waals surface area contributed by atoms with Gasteiger partial charge in [-0.05, 0) is 31.0 Å². The molecule has 0 fully saturated rings. The number of hydrogen-bond donors (Lipinski definition) is 1. The summed E-state index contributed by atoms with van der Waals surface area (Å²) in [6, 6.07) is 7.30. The van der Waals surface area contributed by atoms with Gasteiger partial charge in [0.25, 0.3) is 0 Å². The summed E-state index contributed by atoms with van der Waals surface area (Å²) in [6.07, 6.45) is 0.833. The minimum Gasteiger partial charge on any atom is -0.437 e. The number of aryl methyl sites for hydroxylation is 2. The summed E-state index contributed by atoms with van der Waals surface area (Å²) in [5, 5.41) is 0.525. The van der Waals surface area contributed by atoms with Crippen molar-refractivity contribution in [2.45, 2.75) is 26.8 Å². The molecule has 1 aromatic carbocycles. The van der Waals surface area contributed by atoms with E-state index in [4.69, 9.17) is 22.1 Å². The van der Waals surface area contributed by atoms with Gasteiger partial charge in [0.05, 0.1) is 5.02 Å². The van der Waals surface area contributed by atoms with E-state index in [0.717, 1.165) is 17.7 Å². The summed E-state index contributed by atoms with van der Waals surface area (Å²) in [5.74, 6) is 1.76. The number of aromatic nitrogens is 2. The zero-order valence-corrected chi connectivity index (χ0v) is 11.7. The van der Waals surface area contributed by atoms with Gasteiger partial charge in [0.15, 0.2) is 0 Å². The molecule has 0 radical (unpaired) electrons. The Bertz CT molecular complexity index is 587. The van der Waals surface area contributed by atoms with Gasteiger partial charge in [-0.2, -0.15) is 4.98 Å². The van der Waals surface area contributed by atoms with Gasteiger partial charge in [-0.15, -0.1) is 0 Å². The number of ether oxygens (including phenoxy) is 1. The molecule has 0 aliphatic carbocycles. The standard InChI is InChI=1S/C14H16ClN3O/c1-3-11-7-14(18-9(2)17-11)19-13-5-4-10(8-16)6-12(13)15/h4-7H,3,8,16H2,1-2H3. The van der Waals surface area contributed by atoms with Crippen LogP contribution < -0.4 is 10.5 Å². The molecule has 2 N–H and O–H groups in total. The highest BCUT2D eigenvalue weighted by molar-refractivity contribution is 6.32. The number of nitrogens with zero attached hydrogens (tertiary/aromatic N) is 2. The Labute approximate surface area is 117 Å². The maximum atomic E-state index is 6.15. The average molecular weight is 278 g/mol. The molecule has 1 heterocycles. The fourth-order valence-electron chi connectivity index (χ4n) is 1.70. The second kappa shape index (κ2) is 5.99. The van der Waals surface area contributed by atoms with E-state index in [-0.39, 0.29) is 0 Å². The van der Waals surface area contributed by atoms with E-state index in [9.17, 15) is 0 Å². The summed E-state index contributed by atoms with van der Waals surface area (Å²) in [4.78, 5) is 8.55. The van der Waals surface area contributed by atoms with Crippen LogP contribution in [0.5, 0.6) is 11.6 Å². The van der Waals surface area contributed by atoms with Crippen molar-refractivity contribution in [1.29, 1.82) is 0 Å². The largest absolute Gasteiger partial charge is 0.437 e. The summed E-state index contributed by atoms with van der Waals surface area (Å²) in [5.41, 5.74) is 7.46. The molecule has 0 unspecified atom stereocenters. The lowest BCUT2D eigenvalue weighted by atomic mass is 10.2. The molecule has 19 heavy (non-hydrogen) atoms. The van der Waals surface area contributed by atoms with Crippen LogP contribution in [0.1, 0.15) is 24.0 Å². The molecule has 100 valence electrons. The number of hydrogen-bond acceptors (Lipinski definition) is 4. The fourth-order valence-corrected chi connectivity index (χ4v) is 1.94. The highest BCUT2D eigenvalue weighted by atomic mass is 35.5. The smallest absolute Gasteiger partial charge is 0.222 e. The third-order valence-electron chi connectivity index (χ3n) is 2.68. The maximum absolute atomic E-state index is 6.15. The molecule has 0 saturated heterocycles. The van der Waals surface area contributed by atoms with Crippen LogP contribution >= 0.6 is 11.6 Å². The molecular formula is C14H16ClN3O. The van der Waals surface area contributed by atoms with Crippen LogP contribution in [0.15, 0.2) is 24.3 Å². The van der Waals surface area contributed by atoms with E-state index in [2.05, 4.69) is 9.97 Å². The van der Waals surface area contributed by atoms with E-state index in [1.165, 1.54) is 0 Å². The SMILES string of the molecule is CCc1cc(Oc2ccc(CN)cc2Cl)nc(C)n1. The van der Waals surface area contributed by atoms with Crippen molar-refractivity contribution in [3.63, 3.8) is 0 Å². The maximum Gasteiger partial charge on any atom is 0.222 e. The first-order valence-electron chi connectivity index (χ1n) is 6.13. The second-order valence-electron chi connectivity index (χ2n) is 4.17. The third kappa shape index (κ3) is 3.43. The molecule has 2 aromatic rings. The van der Waals surface area contributed by atoms with Crippen molar-refractivity contribution < 1.29 is 4.74 Å². The van der Waals surface area contributed by atoms with Crippen molar-refractivity contribution in [2.75, 3.05) is 0 Å². The molecule has 2 rings (SSSR count). The fraction of sp³-hybridized carbons (Fsp3) is 0.286. The van der Waals surface area contributed by atoms with Gasteiger partial charge in [0, 0.05) is 18.3 Å². The van der Waals surface area contributed by atoms with Gasteiger partial charge in [0.2, 0.25) is 5.88 Å². The van der Waals surface area contributed by atoms with Crippen LogP contribution in [0, 0.1) is 6.92 Å². The Hall–Kier alpha value is -1.65. The van der Waals surface area contributed by atoms with E-state index < -0.39 is 0 Å². The number of halogens is 1. The van der Waals surface area contributed by atoms with Gasteiger partial charge < -0.3 is 10.5 Å². The van der Waals surface area contributed by atoms with Crippen LogP contribution in [0.2, 0.25) is 5.02 Å². The molecule has 0 atom stereocenters. The monoisotopic (exact) mass is 277 g/mol. The Morgan fingerprint density at radius 2 is 2.05 bits per heavy atom. The highest BCUT2D eigenvalue weighted by Crippen LogP contribution is 2.29. The van der Waals surface area contributed by atoms with E-state index in [1.807, 2.05) is 26.0 Å². The molecule has 0 aliphatic heterocycles. The summed E-state index contributed by atoms with van der Waals surface area (Å²) in [6.45, 7) is 4.33. The molecule has 1 aromatic heterocycles. The normalized spacial score (nSPS) is 10.5. The first kappa shape index (κ1) is 13.8. The van der Waals surface area contributed by atoms with Crippen molar-refractivity contribution in [3.8, 4) is 11.6 Å². The van der Waals surface area contributed by atoms with Crippen molar-refractivity contribution in [3.05, 3.63) is 46.4 Å². The molecule has 5 heteroatoms. The number of nitrogens with two attached hydrogens (primary N) is 1. The summed E-state index contributed by atoms with van der Waals surface area (Å²) < 4.78 is 5.71. The van der Waals surface area contributed by atoms with Crippen molar-refractivity contribution in [2.24, 2.45) is 5.73 Å². The van der Waals surface area contributed by atoms with Crippen molar-refractivity contribution in [1.82, 2.24) is 9.97 Å². The zero-order valence-electron chi connectivity index (χ0n) is 11.0. The zero-order chi connectivity index (χ0) is 13.8. The van der Waals surface area contributed by atoms with Crippen LogP contribution in [0.25, 0.3) is 0 Å². The third-order valence-corrected chi connectivity index (χ3v) is 2.97. The van der Waals surface area contributed by atoms with E-state index in [1.54, 1.807) is 12.1 Å². The minimum atomic E-state index is 0.451. The minimum absolute atomic E-state index is 0.451. The van der Waals surface area contributed by atoms with Crippen LogP contribution in [-0.2, 0) is 13.0 Å². The Balaban J connectivity index is 2.28. The number of rotatable bonds is 4. The molecule has 0 amide bonds. The second-order valence-corrected chi connectivity index (χ2v) is 4.58. The Morgan fingerprint density at radius 1 is 1.26 bits per heavy atom. The molecule has 0 spiro atoms. The quantitative estimate of drug-likeness (QED) is 0.932. The van der Waals surface area contributed by atoms with Crippen molar-refractivity contribution >= 4 is 11.6 Å². The first-order valence-corrected chi connectivity index (χ1v) is 6.51. The lowest BCUT2D eigenvalue weighted by molar-refractivity contribution is 0.458. The number of benzene rings is 1. The topological polar surface area (TPSA) is 61.0 Å². The summed E-state index contributed by atoms with van der Waals surface area (Å²) >= 11 is 6.15. The lowest BCUT2D eigenvalue weighted by Crippen LogP contribution is -1.99. The summed E-state index contributed by atoms with van der Waals surface area (Å²) in [7, 11) is 0. The van der Waals surface area contributed by atoms with E-state index in [0.29, 0.717) is 29.0 Å². The van der Waals surface area contributed by atoms with Gasteiger partial charge in [-0.1, -0.05) is 24.6 Å². The molecular weight excluding hydrogens is 262 g/mol. The van der Waals surface area contributed by atoms with E-state index >= 15 is 0 Å². The average Bonchev–Trinajstić information content (AvgIpc) is 2.40. The molecule has 0 saturated carbocycles. The van der Waals surface area contributed by atoms with Crippen LogP contribution in [-0.4, -0.2) is 9.97 Å². The predicted octanol–water partition coefficient (Wildman–Crippen LogP) is 3.25. The molecule has 0 bridgehead atoms. The van der Waals surface area contributed by atoms with Gasteiger partial charge in [-0.25, -0.2) is 4.98 Å². The Kier molecular flexibility index (Phi) is 4.35. The van der Waals surface area contributed by atoms with Gasteiger partial charge in [-0.3, -0.25) is 0 Å². The Morgan fingerprint density at radius 3 is 2.68 bits per heavy atom. The van der Waals surface area contributed by atoms with Gasteiger partial charge in [0.1, 0.15) is 11.6 Å².